The molecule has 205 valence electrons. The Morgan fingerprint density at radius 1 is 1.07 bits per heavy atom. The molecule has 0 atom stereocenters. The molecule has 1 radical (unpaired) electrons. The number of aromatic nitrogens is 3. The van der Waals surface area contributed by atoms with Crippen LogP contribution in [0.1, 0.15) is 59.7 Å². The molecule has 0 bridgehead atoms. The molecule has 7 rings (SSSR count). The van der Waals surface area contributed by atoms with Crippen LogP contribution in [0.15, 0.2) is 84.7 Å². The minimum Gasteiger partial charge on any atom is -0.368 e. The average Bonchev–Trinajstić information content (AvgIpc) is 3.72. The monoisotopic (exact) mass is 562 g/mol. The number of nitrogens with one attached hydrogen (secondary N) is 3. The number of halogens is 1. The predicted molar refractivity (Wildman–Crippen MR) is 166 cm³/mol. The molecular formula is C32H32BClN6O+. The number of hydrogen-bond donors (Lipinski definition) is 3. The molecule has 1 amide bonds. The Morgan fingerprint density at radius 3 is 2.61 bits per heavy atom. The zero-order valence-corrected chi connectivity index (χ0v) is 23.8. The number of H-pyrrole nitrogens is 1. The Hall–Kier alpha value is -4.17. The molecule has 4 heterocycles. The fourth-order valence-electron chi connectivity index (χ4n) is 6.16. The highest BCUT2D eigenvalue weighted by molar-refractivity contribution is 6.30. The lowest BCUT2D eigenvalue weighted by Gasteiger charge is -2.23. The molecule has 3 N–H and O–H groups in total. The third kappa shape index (κ3) is 4.76. The Labute approximate surface area is 245 Å². The maximum absolute atomic E-state index is 11.8. The minimum atomic E-state index is -0.219. The standard InChI is InChI=1S/C32H32BClN6O/c1-21-6-2-3-9-24(21)19-35-29-16-14-27-32(23-10-12-25(13-11-23)36-30(41)18-34)28-15-17-31(40(28)33-39(27)29)38-20-26(37-38)22-7-4-5-8-22/h2-3,6,9-17,20,22,35,37H,4-5,7-8,18-19H2,1H3,(H,36,41)/q+1. The fraction of sp³-hybridized carbons (Fsp3) is 0.250. The lowest BCUT2D eigenvalue weighted by molar-refractivity contribution is -0.316. The Morgan fingerprint density at radius 2 is 1.85 bits per heavy atom. The number of nitrogens with zero attached hydrogens (tertiary/aromatic N) is 3. The smallest absolute Gasteiger partial charge is 0.368 e. The van der Waals surface area contributed by atoms with Crippen molar-refractivity contribution in [2.75, 3.05) is 16.5 Å². The molecule has 3 aliphatic rings. The van der Waals surface area contributed by atoms with Crippen molar-refractivity contribution in [3.8, 4) is 0 Å². The Bertz CT molecular complexity index is 1700. The lowest BCUT2D eigenvalue weighted by atomic mass is 9.92. The van der Waals surface area contributed by atoms with Crippen molar-refractivity contribution >= 4 is 48.0 Å². The Kier molecular flexibility index (Phi) is 6.71. The van der Waals surface area contributed by atoms with Gasteiger partial charge in [-0.05, 0) is 66.8 Å². The molecule has 0 unspecified atom stereocenters. The van der Waals surface area contributed by atoms with E-state index in [1.54, 1.807) is 0 Å². The molecule has 2 aliphatic heterocycles. The summed E-state index contributed by atoms with van der Waals surface area (Å²) in [7, 11) is 2.17. The highest BCUT2D eigenvalue weighted by Crippen LogP contribution is 2.37. The number of aryl methyl sites for hydroxylation is 1. The molecule has 1 aliphatic carbocycles. The topological polar surface area (TPSA) is 69.8 Å². The van der Waals surface area contributed by atoms with Gasteiger partial charge in [0, 0.05) is 35.5 Å². The van der Waals surface area contributed by atoms with Gasteiger partial charge in [0.2, 0.25) is 5.91 Å². The second-order valence-electron chi connectivity index (χ2n) is 11.0. The van der Waals surface area contributed by atoms with E-state index in [2.05, 4.69) is 111 Å². The third-order valence-electron chi connectivity index (χ3n) is 8.42. The maximum atomic E-state index is 11.8. The van der Waals surface area contributed by atoms with Crippen molar-refractivity contribution in [2.24, 2.45) is 0 Å². The van der Waals surface area contributed by atoms with E-state index in [-0.39, 0.29) is 11.8 Å². The van der Waals surface area contributed by atoms with E-state index in [4.69, 9.17) is 11.6 Å². The first-order valence-electron chi connectivity index (χ1n) is 14.3. The van der Waals surface area contributed by atoms with Crippen LogP contribution in [0.5, 0.6) is 0 Å². The van der Waals surface area contributed by atoms with E-state index in [0.717, 1.165) is 46.4 Å². The molecule has 2 aromatic heterocycles. The average molecular weight is 563 g/mol. The normalized spacial score (nSPS) is 16.2. The zero-order chi connectivity index (χ0) is 27.9. The first kappa shape index (κ1) is 25.8. The molecule has 1 saturated carbocycles. The van der Waals surface area contributed by atoms with E-state index in [0.29, 0.717) is 5.92 Å². The lowest BCUT2D eigenvalue weighted by Crippen LogP contribution is -2.36. The number of hydrogen-bond acceptors (Lipinski definition) is 2. The number of benzene rings is 2. The number of allylic oxidation sites excluding steroid dienone is 2. The van der Waals surface area contributed by atoms with Crippen LogP contribution in [0, 0.1) is 6.92 Å². The summed E-state index contributed by atoms with van der Waals surface area (Å²) in [6.45, 7) is 2.88. The predicted octanol–water partition coefficient (Wildman–Crippen LogP) is 6.06. The van der Waals surface area contributed by atoms with Crippen LogP contribution in [-0.4, -0.2) is 43.9 Å². The Balaban J connectivity index is 1.27. The van der Waals surface area contributed by atoms with Crippen molar-refractivity contribution in [3.05, 3.63) is 113 Å². The highest BCUT2D eigenvalue weighted by Gasteiger charge is 2.36. The number of anilines is 2. The molecule has 2 aromatic carbocycles. The minimum absolute atomic E-state index is 0.0709. The van der Waals surface area contributed by atoms with Crippen molar-refractivity contribution in [3.63, 3.8) is 0 Å². The first-order chi connectivity index (χ1) is 20.1. The number of rotatable bonds is 7. The summed E-state index contributed by atoms with van der Waals surface area (Å²) in [5.74, 6) is 2.45. The number of alkyl halides is 1. The molecule has 9 heteroatoms. The van der Waals surface area contributed by atoms with Gasteiger partial charge in [-0.1, -0.05) is 49.2 Å². The molecule has 4 aromatic rings. The summed E-state index contributed by atoms with van der Waals surface area (Å²) in [5.41, 5.74) is 9.01. The van der Waals surface area contributed by atoms with Gasteiger partial charge in [-0.2, -0.15) is 0 Å². The maximum Gasteiger partial charge on any atom is 0.553 e. The summed E-state index contributed by atoms with van der Waals surface area (Å²) < 4.78 is 6.61. The van der Waals surface area contributed by atoms with Crippen molar-refractivity contribution < 1.29 is 9.28 Å². The van der Waals surface area contributed by atoms with E-state index >= 15 is 0 Å². The van der Waals surface area contributed by atoms with E-state index < -0.39 is 0 Å². The van der Waals surface area contributed by atoms with Gasteiger partial charge in [0.05, 0.1) is 11.5 Å². The first-order valence-corrected chi connectivity index (χ1v) is 14.8. The van der Waals surface area contributed by atoms with Crippen LogP contribution < -0.4 is 10.6 Å². The summed E-state index contributed by atoms with van der Waals surface area (Å²) in [6, 6.07) is 20.8. The zero-order valence-electron chi connectivity index (χ0n) is 23.0. The van der Waals surface area contributed by atoms with Gasteiger partial charge < -0.3 is 15.1 Å². The second kappa shape index (κ2) is 10.7. The summed E-state index contributed by atoms with van der Waals surface area (Å²) >= 11 is 5.69. The van der Waals surface area contributed by atoms with Gasteiger partial charge >= 0.3 is 7.55 Å². The van der Waals surface area contributed by atoms with Crippen molar-refractivity contribution in [2.45, 2.75) is 45.1 Å². The van der Waals surface area contributed by atoms with Gasteiger partial charge in [-0.3, -0.25) is 9.28 Å². The summed E-state index contributed by atoms with van der Waals surface area (Å²) in [4.78, 5) is 11.8. The molecule has 0 spiro atoms. The van der Waals surface area contributed by atoms with Gasteiger partial charge in [-0.15, -0.1) is 16.3 Å². The van der Waals surface area contributed by atoms with Crippen LogP contribution in [0.4, 0.5) is 11.5 Å². The fourth-order valence-corrected chi connectivity index (χ4v) is 6.23. The van der Waals surface area contributed by atoms with Gasteiger partial charge in [0.15, 0.2) is 0 Å². The number of aromatic amines is 1. The van der Waals surface area contributed by atoms with E-state index in [9.17, 15) is 4.79 Å². The largest absolute Gasteiger partial charge is 0.553 e. The number of carbonyl (C=O) groups is 1. The van der Waals surface area contributed by atoms with Gasteiger partial charge in [0.1, 0.15) is 17.8 Å². The molecule has 7 nitrogen and oxygen atoms in total. The van der Waals surface area contributed by atoms with Crippen LogP contribution >= 0.6 is 11.6 Å². The van der Waals surface area contributed by atoms with Crippen molar-refractivity contribution in [1.82, 2.24) is 14.3 Å². The van der Waals surface area contributed by atoms with Crippen LogP contribution in [0.2, 0.25) is 0 Å². The van der Waals surface area contributed by atoms with E-state index in [1.807, 2.05) is 12.1 Å². The highest BCUT2D eigenvalue weighted by atomic mass is 35.5. The van der Waals surface area contributed by atoms with E-state index in [1.165, 1.54) is 42.5 Å². The number of carbonyl (C=O) groups excluding carboxylic acids is 1. The molecule has 0 saturated heterocycles. The van der Waals surface area contributed by atoms with Crippen LogP contribution in [0.3, 0.4) is 0 Å². The summed E-state index contributed by atoms with van der Waals surface area (Å²) in [5, 5.41) is 10.1. The second-order valence-corrected chi connectivity index (χ2v) is 11.3. The molecular weight excluding hydrogens is 531 g/mol. The summed E-state index contributed by atoms with van der Waals surface area (Å²) in [6.07, 6.45) is 11.8. The van der Waals surface area contributed by atoms with Crippen molar-refractivity contribution in [1.29, 1.82) is 0 Å². The van der Waals surface area contributed by atoms with Crippen LogP contribution in [0.25, 0.3) is 5.57 Å². The number of amides is 1. The van der Waals surface area contributed by atoms with Gasteiger partial charge in [-0.25, -0.2) is 5.10 Å². The van der Waals surface area contributed by atoms with Crippen LogP contribution in [-0.2, 0) is 11.3 Å². The molecule has 41 heavy (non-hydrogen) atoms. The SMILES string of the molecule is Cc1ccccc1CNc1ccc2n1[B][N+]1=C(n3cc(C4CCCC4)[nH]3)C=CC1=C2c1ccc(NC(=O)CCl)cc1. The number of fused-ring (bicyclic) bond motifs is 2. The third-order valence-corrected chi connectivity index (χ3v) is 8.66. The quantitative estimate of drug-likeness (QED) is 0.189. The van der Waals surface area contributed by atoms with Gasteiger partial charge in [0.25, 0.3) is 5.84 Å². The molecule has 1 fully saturated rings.